The van der Waals surface area contributed by atoms with Gasteiger partial charge < -0.3 is 19.4 Å². The molecule has 27 heavy (non-hydrogen) atoms. The minimum Gasteiger partial charge on any atom is -0.479 e. The van der Waals surface area contributed by atoms with Gasteiger partial charge in [-0.25, -0.2) is 12.8 Å². The first-order valence-electron chi connectivity index (χ1n) is 7.83. The minimum atomic E-state index is -4.04. The molecule has 0 saturated heterocycles. The van der Waals surface area contributed by atoms with Crippen LogP contribution in [0.5, 0.6) is 11.8 Å². The molecule has 0 aliphatic carbocycles. The van der Waals surface area contributed by atoms with Crippen molar-refractivity contribution in [3.8, 4) is 11.8 Å². The topological polar surface area (TPSA) is 109 Å². The first kappa shape index (κ1) is 17.2. The van der Waals surface area contributed by atoms with Gasteiger partial charge in [0, 0.05) is 29.2 Å². The van der Waals surface area contributed by atoms with Crippen molar-refractivity contribution in [1.29, 1.82) is 0 Å². The normalized spacial score (nSPS) is 11.8. The number of aromatic amines is 2. The Kier molecular flexibility index (Phi) is 3.92. The van der Waals surface area contributed by atoms with Gasteiger partial charge in [-0.15, -0.1) is 0 Å². The Hall–Kier alpha value is -3.27. The van der Waals surface area contributed by atoms with Crippen LogP contribution in [0.2, 0.25) is 0 Å². The highest BCUT2D eigenvalue weighted by molar-refractivity contribution is 7.93. The number of hydrogen-bond donors (Lipinski definition) is 3. The molecule has 8 nitrogen and oxygen atoms in total. The molecule has 4 aromatic rings. The SMILES string of the molecule is COc1nc(OC)c(NS(=O)(=O)c2c[nH]c3c2ccc2cc[nH]c23)cc1F. The van der Waals surface area contributed by atoms with E-state index in [-0.39, 0.29) is 22.3 Å². The van der Waals surface area contributed by atoms with Gasteiger partial charge in [-0.3, -0.25) is 4.72 Å². The lowest BCUT2D eigenvalue weighted by Gasteiger charge is -2.12. The lowest BCUT2D eigenvalue weighted by molar-refractivity contribution is 0.346. The van der Waals surface area contributed by atoms with E-state index in [1.165, 1.54) is 20.4 Å². The average Bonchev–Trinajstić information content (AvgIpc) is 3.28. The van der Waals surface area contributed by atoms with E-state index in [9.17, 15) is 12.8 Å². The van der Waals surface area contributed by atoms with E-state index in [2.05, 4.69) is 19.7 Å². The number of benzene rings is 1. The third kappa shape index (κ3) is 2.74. The number of H-pyrrole nitrogens is 2. The van der Waals surface area contributed by atoms with E-state index in [4.69, 9.17) is 9.47 Å². The number of sulfonamides is 1. The Bertz CT molecular complexity index is 1260. The molecular weight excluding hydrogens is 375 g/mol. The highest BCUT2D eigenvalue weighted by Crippen LogP contribution is 2.33. The van der Waals surface area contributed by atoms with Gasteiger partial charge in [-0.05, 0) is 6.07 Å². The van der Waals surface area contributed by atoms with Gasteiger partial charge in [0.1, 0.15) is 10.6 Å². The van der Waals surface area contributed by atoms with Gasteiger partial charge in [-0.2, -0.15) is 4.98 Å². The Morgan fingerprint density at radius 3 is 2.59 bits per heavy atom. The van der Waals surface area contributed by atoms with Crippen LogP contribution in [0.25, 0.3) is 21.8 Å². The minimum absolute atomic E-state index is 0.0206. The van der Waals surface area contributed by atoms with Gasteiger partial charge in [0.2, 0.25) is 5.88 Å². The highest BCUT2D eigenvalue weighted by Gasteiger charge is 2.23. The predicted octanol–water partition coefficient (Wildman–Crippen LogP) is 3.00. The van der Waals surface area contributed by atoms with Crippen molar-refractivity contribution in [2.45, 2.75) is 4.90 Å². The lowest BCUT2D eigenvalue weighted by Crippen LogP contribution is -2.14. The van der Waals surface area contributed by atoms with E-state index >= 15 is 0 Å². The van der Waals surface area contributed by atoms with Crippen molar-refractivity contribution < 1.29 is 22.3 Å². The largest absolute Gasteiger partial charge is 0.479 e. The number of rotatable bonds is 5. The molecule has 0 saturated carbocycles. The number of nitrogens with zero attached hydrogens (tertiary/aromatic N) is 1. The van der Waals surface area contributed by atoms with Crippen LogP contribution in [-0.2, 0) is 10.0 Å². The number of anilines is 1. The third-order valence-electron chi connectivity index (χ3n) is 4.17. The van der Waals surface area contributed by atoms with Crippen LogP contribution < -0.4 is 14.2 Å². The fraction of sp³-hybridized carbons (Fsp3) is 0.118. The molecule has 4 rings (SSSR count). The summed E-state index contributed by atoms with van der Waals surface area (Å²) in [6, 6.07) is 6.37. The quantitative estimate of drug-likeness (QED) is 0.485. The summed E-state index contributed by atoms with van der Waals surface area (Å²) < 4.78 is 52.0. The number of pyridine rings is 1. The van der Waals surface area contributed by atoms with E-state index in [0.717, 1.165) is 17.0 Å². The monoisotopic (exact) mass is 390 g/mol. The second-order valence-corrected chi connectivity index (χ2v) is 7.38. The van der Waals surface area contributed by atoms with E-state index in [1.54, 1.807) is 12.3 Å². The summed E-state index contributed by atoms with van der Waals surface area (Å²) in [5.74, 6) is -1.22. The average molecular weight is 390 g/mol. The first-order valence-corrected chi connectivity index (χ1v) is 9.31. The van der Waals surface area contributed by atoms with Crippen LogP contribution in [0.1, 0.15) is 0 Å². The van der Waals surface area contributed by atoms with Crippen molar-refractivity contribution in [2.24, 2.45) is 0 Å². The van der Waals surface area contributed by atoms with Crippen LogP contribution in [0.3, 0.4) is 0 Å². The lowest BCUT2D eigenvalue weighted by atomic mass is 10.2. The van der Waals surface area contributed by atoms with E-state index in [1.807, 2.05) is 12.1 Å². The zero-order valence-electron chi connectivity index (χ0n) is 14.3. The Morgan fingerprint density at radius 1 is 1.07 bits per heavy atom. The fourth-order valence-corrected chi connectivity index (χ4v) is 4.17. The van der Waals surface area contributed by atoms with Crippen LogP contribution in [0.15, 0.2) is 41.6 Å². The summed E-state index contributed by atoms with van der Waals surface area (Å²) in [7, 11) is -1.49. The summed E-state index contributed by atoms with van der Waals surface area (Å²) in [6.07, 6.45) is 3.15. The summed E-state index contributed by atoms with van der Waals surface area (Å²) in [5.41, 5.74) is 1.32. The molecule has 1 aromatic carbocycles. The van der Waals surface area contributed by atoms with Crippen LogP contribution >= 0.6 is 0 Å². The second kappa shape index (κ2) is 6.16. The zero-order valence-corrected chi connectivity index (χ0v) is 15.1. The molecule has 0 radical (unpaired) electrons. The van der Waals surface area contributed by atoms with Crippen molar-refractivity contribution in [1.82, 2.24) is 15.0 Å². The van der Waals surface area contributed by atoms with Gasteiger partial charge in [0.15, 0.2) is 5.82 Å². The van der Waals surface area contributed by atoms with Crippen LogP contribution in [0, 0.1) is 5.82 Å². The number of fused-ring (bicyclic) bond motifs is 3. The summed E-state index contributed by atoms with van der Waals surface area (Å²) in [5, 5.41) is 1.45. The molecule has 3 N–H and O–H groups in total. The molecule has 3 heterocycles. The Morgan fingerprint density at radius 2 is 1.85 bits per heavy atom. The Balaban J connectivity index is 1.81. The molecule has 10 heteroatoms. The van der Waals surface area contributed by atoms with Gasteiger partial charge >= 0.3 is 0 Å². The number of hydrogen-bond acceptors (Lipinski definition) is 5. The highest BCUT2D eigenvalue weighted by atomic mass is 32.2. The van der Waals surface area contributed by atoms with E-state index in [0.29, 0.717) is 10.9 Å². The number of aromatic nitrogens is 3. The maximum Gasteiger partial charge on any atom is 0.264 e. The third-order valence-corrected chi connectivity index (χ3v) is 5.58. The second-order valence-electron chi connectivity index (χ2n) is 5.72. The van der Waals surface area contributed by atoms with Crippen molar-refractivity contribution in [3.05, 3.63) is 42.5 Å². The summed E-state index contributed by atoms with van der Waals surface area (Å²) in [6.45, 7) is 0. The van der Waals surface area contributed by atoms with Crippen LogP contribution in [-0.4, -0.2) is 37.6 Å². The van der Waals surface area contributed by atoms with Crippen LogP contribution in [0.4, 0.5) is 10.1 Å². The molecule has 0 aliphatic rings. The molecule has 140 valence electrons. The molecule has 0 bridgehead atoms. The molecule has 0 aliphatic heterocycles. The molecule has 3 aromatic heterocycles. The van der Waals surface area contributed by atoms with Crippen molar-refractivity contribution in [3.63, 3.8) is 0 Å². The molecule has 0 fully saturated rings. The van der Waals surface area contributed by atoms with Crippen molar-refractivity contribution >= 4 is 37.5 Å². The van der Waals surface area contributed by atoms with Gasteiger partial charge in [0.05, 0.1) is 25.3 Å². The number of halogens is 1. The smallest absolute Gasteiger partial charge is 0.264 e. The van der Waals surface area contributed by atoms with Gasteiger partial charge in [0.25, 0.3) is 15.9 Å². The number of methoxy groups -OCH3 is 2. The Labute approximate surface area is 153 Å². The first-order chi connectivity index (χ1) is 12.9. The zero-order chi connectivity index (χ0) is 19.2. The molecule has 0 unspecified atom stereocenters. The molecule has 0 atom stereocenters. The molecule has 0 amide bonds. The molecular formula is C17H15FN4O4S. The number of nitrogens with one attached hydrogen (secondary N) is 3. The standard InChI is InChI=1S/C17H15FN4O4S/c1-25-16-11(18)7-12(17(21-16)26-2)22-27(23,24)13-8-20-15-10(13)4-3-9-5-6-19-14(9)15/h3-8,19-20,22H,1-2H3. The summed E-state index contributed by atoms with van der Waals surface area (Å²) in [4.78, 5) is 9.88. The fourth-order valence-electron chi connectivity index (χ4n) is 2.95. The van der Waals surface area contributed by atoms with Gasteiger partial charge in [-0.1, -0.05) is 12.1 Å². The predicted molar refractivity (Wildman–Crippen MR) is 98.3 cm³/mol. The maximum absolute atomic E-state index is 14.0. The van der Waals surface area contributed by atoms with Crippen molar-refractivity contribution in [2.75, 3.05) is 18.9 Å². The summed E-state index contributed by atoms with van der Waals surface area (Å²) >= 11 is 0. The maximum atomic E-state index is 14.0. The number of ether oxygens (including phenoxy) is 2. The van der Waals surface area contributed by atoms with E-state index < -0.39 is 15.8 Å². The molecule has 0 spiro atoms.